The van der Waals surface area contributed by atoms with Crippen LogP contribution in [0, 0.1) is 0 Å². The van der Waals surface area contributed by atoms with Gasteiger partial charge in [0.15, 0.2) is 5.82 Å². The van der Waals surface area contributed by atoms with Crippen molar-refractivity contribution in [2.45, 2.75) is 56.7 Å². The van der Waals surface area contributed by atoms with Crippen molar-refractivity contribution < 1.29 is 9.59 Å². The molecular formula is C25H27N5O2. The molecule has 2 aromatic heterocycles. The van der Waals surface area contributed by atoms with Crippen molar-refractivity contribution in [2.75, 3.05) is 0 Å². The van der Waals surface area contributed by atoms with Crippen molar-refractivity contribution >= 4 is 11.8 Å². The molecule has 0 saturated carbocycles. The third-order valence-electron chi connectivity index (χ3n) is 6.71. The largest absolute Gasteiger partial charge is 0.349 e. The van der Waals surface area contributed by atoms with Gasteiger partial charge in [-0.1, -0.05) is 30.3 Å². The minimum atomic E-state index is -0.425. The Morgan fingerprint density at radius 2 is 2.03 bits per heavy atom. The summed E-state index contributed by atoms with van der Waals surface area (Å²) in [7, 11) is 0. The minimum absolute atomic E-state index is 0.00379. The summed E-state index contributed by atoms with van der Waals surface area (Å²) in [5.41, 5.74) is 1.32. The van der Waals surface area contributed by atoms with E-state index in [4.69, 9.17) is 0 Å². The second kappa shape index (κ2) is 8.22. The third-order valence-corrected chi connectivity index (χ3v) is 6.71. The zero-order chi connectivity index (χ0) is 22.1. The standard InChI is InChI=1S/C25H27N5O2/c1-25-16-20(15-18-7-3-2-4-8-18)30(21(25)9-5-10-23(31)28-25)24(32)19-11-12-22(26-17-19)29-14-6-13-27-29/h2-4,6-8,11-14,17,20-21H,5,9-10,15-16H2,1H3,(H,28,31)/t20-,21+,25+/m1/s1. The Bertz CT molecular complexity index is 1100. The van der Waals surface area contributed by atoms with Crippen LogP contribution in [-0.4, -0.2) is 49.1 Å². The van der Waals surface area contributed by atoms with Gasteiger partial charge in [-0.15, -0.1) is 0 Å². The second-order valence-electron chi connectivity index (χ2n) is 8.99. The summed E-state index contributed by atoms with van der Waals surface area (Å²) >= 11 is 0. The quantitative estimate of drug-likeness (QED) is 0.691. The van der Waals surface area contributed by atoms with Gasteiger partial charge in [0, 0.05) is 31.1 Å². The third kappa shape index (κ3) is 3.79. The summed E-state index contributed by atoms with van der Waals surface area (Å²) < 4.78 is 1.67. The molecule has 3 atom stereocenters. The summed E-state index contributed by atoms with van der Waals surface area (Å²) in [6.45, 7) is 2.09. The van der Waals surface area contributed by atoms with Crippen molar-refractivity contribution in [3.05, 3.63) is 78.2 Å². The number of carbonyl (C=O) groups is 2. The molecule has 164 valence electrons. The molecule has 5 rings (SSSR count). The van der Waals surface area contributed by atoms with Gasteiger partial charge in [0.05, 0.1) is 17.1 Å². The molecule has 7 nitrogen and oxygen atoms in total. The molecule has 0 unspecified atom stereocenters. The number of likely N-dealkylation sites (tertiary alicyclic amines) is 1. The molecule has 2 fully saturated rings. The number of fused-ring (bicyclic) bond motifs is 1. The molecule has 2 amide bonds. The zero-order valence-corrected chi connectivity index (χ0v) is 18.1. The highest BCUT2D eigenvalue weighted by molar-refractivity contribution is 5.95. The summed E-state index contributed by atoms with van der Waals surface area (Å²) in [4.78, 5) is 32.6. The molecule has 3 aromatic rings. The summed E-state index contributed by atoms with van der Waals surface area (Å²) in [6.07, 6.45) is 8.74. The maximum absolute atomic E-state index is 13.8. The summed E-state index contributed by atoms with van der Waals surface area (Å²) in [5, 5.41) is 7.43. The van der Waals surface area contributed by atoms with Crippen molar-refractivity contribution in [1.29, 1.82) is 0 Å². The lowest BCUT2D eigenvalue weighted by Gasteiger charge is -2.35. The van der Waals surface area contributed by atoms with Crippen LogP contribution in [0.5, 0.6) is 0 Å². The van der Waals surface area contributed by atoms with E-state index < -0.39 is 5.54 Å². The van der Waals surface area contributed by atoms with Gasteiger partial charge in [-0.25, -0.2) is 9.67 Å². The molecule has 1 aromatic carbocycles. The number of nitrogens with one attached hydrogen (secondary N) is 1. The Kier molecular flexibility index (Phi) is 5.25. The fraction of sp³-hybridized carbons (Fsp3) is 0.360. The average Bonchev–Trinajstić information content (AvgIpc) is 3.38. The molecule has 4 heterocycles. The molecule has 0 bridgehead atoms. The van der Waals surface area contributed by atoms with Crippen molar-refractivity contribution in [2.24, 2.45) is 0 Å². The smallest absolute Gasteiger partial charge is 0.256 e. The second-order valence-corrected chi connectivity index (χ2v) is 8.99. The number of pyridine rings is 1. The Hall–Kier alpha value is -3.48. The molecule has 0 radical (unpaired) electrons. The van der Waals surface area contributed by atoms with Crippen molar-refractivity contribution in [3.8, 4) is 5.82 Å². The van der Waals surface area contributed by atoms with Gasteiger partial charge in [0.25, 0.3) is 5.91 Å². The topological polar surface area (TPSA) is 80.1 Å². The lowest BCUT2D eigenvalue weighted by atomic mass is 9.88. The molecular weight excluding hydrogens is 402 g/mol. The predicted molar refractivity (Wildman–Crippen MR) is 120 cm³/mol. The van der Waals surface area contributed by atoms with Gasteiger partial charge in [-0.3, -0.25) is 9.59 Å². The SMILES string of the molecule is C[C@]12C[C@@H](Cc3ccccc3)N(C(=O)c3ccc(-n4cccn4)nc3)[C@H]1CCCC(=O)N2. The van der Waals surface area contributed by atoms with Gasteiger partial charge in [-0.05, 0) is 56.4 Å². The zero-order valence-electron chi connectivity index (χ0n) is 18.1. The number of hydrogen-bond acceptors (Lipinski definition) is 4. The van der Waals surface area contributed by atoms with E-state index in [1.807, 2.05) is 47.5 Å². The van der Waals surface area contributed by atoms with Crippen molar-refractivity contribution in [3.63, 3.8) is 0 Å². The number of hydrogen-bond donors (Lipinski definition) is 1. The Morgan fingerprint density at radius 3 is 2.75 bits per heavy atom. The molecule has 2 aliphatic rings. The molecule has 2 saturated heterocycles. The normalized spacial score (nSPS) is 25.2. The number of carbonyl (C=O) groups excluding carboxylic acids is 2. The van der Waals surface area contributed by atoms with E-state index in [2.05, 4.69) is 34.5 Å². The number of benzene rings is 1. The van der Waals surface area contributed by atoms with E-state index in [1.54, 1.807) is 17.1 Å². The summed E-state index contributed by atoms with van der Waals surface area (Å²) in [5.74, 6) is 0.712. The van der Waals surface area contributed by atoms with Crippen LogP contribution in [0.25, 0.3) is 5.82 Å². The first kappa shape index (κ1) is 20.4. The average molecular weight is 430 g/mol. The maximum Gasteiger partial charge on any atom is 0.256 e. The Labute approximate surface area is 187 Å². The fourth-order valence-corrected chi connectivity index (χ4v) is 5.28. The van der Waals surface area contributed by atoms with E-state index in [0.29, 0.717) is 17.8 Å². The maximum atomic E-state index is 13.8. The minimum Gasteiger partial charge on any atom is -0.349 e. The fourth-order valence-electron chi connectivity index (χ4n) is 5.28. The molecule has 0 aliphatic carbocycles. The van der Waals surface area contributed by atoms with E-state index in [-0.39, 0.29) is 23.9 Å². The first-order valence-electron chi connectivity index (χ1n) is 11.2. The van der Waals surface area contributed by atoms with Crippen molar-refractivity contribution in [1.82, 2.24) is 25.0 Å². The first-order chi connectivity index (χ1) is 15.5. The molecule has 32 heavy (non-hydrogen) atoms. The number of aromatic nitrogens is 3. The van der Waals surface area contributed by atoms with E-state index in [9.17, 15) is 9.59 Å². The van der Waals surface area contributed by atoms with Crippen LogP contribution in [0.2, 0.25) is 0 Å². The molecule has 1 N–H and O–H groups in total. The van der Waals surface area contributed by atoms with Gasteiger partial charge < -0.3 is 10.2 Å². The van der Waals surface area contributed by atoms with Gasteiger partial charge in [0.1, 0.15) is 0 Å². The van der Waals surface area contributed by atoms with E-state index in [0.717, 1.165) is 25.7 Å². The van der Waals surface area contributed by atoms with Crippen LogP contribution >= 0.6 is 0 Å². The summed E-state index contributed by atoms with van der Waals surface area (Å²) in [6, 6.07) is 15.7. The van der Waals surface area contributed by atoms with Crippen LogP contribution in [-0.2, 0) is 11.2 Å². The Balaban J connectivity index is 1.47. The predicted octanol–water partition coefficient (Wildman–Crippen LogP) is 3.15. The highest BCUT2D eigenvalue weighted by atomic mass is 16.2. The van der Waals surface area contributed by atoms with Crippen LogP contribution in [0.3, 0.4) is 0 Å². The van der Waals surface area contributed by atoms with E-state index >= 15 is 0 Å². The molecule has 2 aliphatic heterocycles. The number of nitrogens with zero attached hydrogens (tertiary/aromatic N) is 4. The number of rotatable bonds is 4. The Morgan fingerprint density at radius 1 is 1.19 bits per heavy atom. The lowest BCUT2D eigenvalue weighted by molar-refractivity contribution is -0.122. The molecule has 7 heteroatoms. The lowest BCUT2D eigenvalue weighted by Crippen LogP contribution is -2.54. The first-order valence-corrected chi connectivity index (χ1v) is 11.2. The highest BCUT2D eigenvalue weighted by Crippen LogP contribution is 2.40. The molecule has 0 spiro atoms. The van der Waals surface area contributed by atoms with Crippen LogP contribution < -0.4 is 5.32 Å². The van der Waals surface area contributed by atoms with Crippen LogP contribution in [0.1, 0.15) is 48.5 Å². The van der Waals surface area contributed by atoms with Crippen LogP contribution in [0.15, 0.2) is 67.1 Å². The number of amides is 2. The van der Waals surface area contributed by atoms with Gasteiger partial charge >= 0.3 is 0 Å². The van der Waals surface area contributed by atoms with Gasteiger partial charge in [0.2, 0.25) is 5.91 Å². The highest BCUT2D eigenvalue weighted by Gasteiger charge is 2.52. The van der Waals surface area contributed by atoms with E-state index in [1.165, 1.54) is 5.56 Å². The monoisotopic (exact) mass is 429 g/mol. The van der Waals surface area contributed by atoms with Crippen LogP contribution in [0.4, 0.5) is 0 Å². The van der Waals surface area contributed by atoms with Gasteiger partial charge in [-0.2, -0.15) is 5.10 Å².